The Bertz CT molecular complexity index is 512. The third-order valence-corrected chi connectivity index (χ3v) is 4.30. The SMILES string of the molecule is CC(C)NS(=O)(=O)NCC(C)(O)c1ccc(Br)cc1. The van der Waals surface area contributed by atoms with Gasteiger partial charge in [-0.25, -0.2) is 0 Å². The van der Waals surface area contributed by atoms with E-state index in [2.05, 4.69) is 25.4 Å². The summed E-state index contributed by atoms with van der Waals surface area (Å²) in [7, 11) is -3.60. The molecule has 0 aliphatic carbocycles. The van der Waals surface area contributed by atoms with E-state index in [1.807, 2.05) is 0 Å². The summed E-state index contributed by atoms with van der Waals surface area (Å²) in [5, 5.41) is 10.3. The molecule has 0 spiro atoms. The van der Waals surface area contributed by atoms with Gasteiger partial charge in [0.25, 0.3) is 10.2 Å². The first-order valence-electron chi connectivity index (χ1n) is 5.88. The Morgan fingerprint density at radius 1 is 1.32 bits per heavy atom. The molecule has 5 nitrogen and oxygen atoms in total. The number of hydrogen-bond donors (Lipinski definition) is 3. The van der Waals surface area contributed by atoms with E-state index < -0.39 is 15.8 Å². The molecule has 1 atom stereocenters. The van der Waals surface area contributed by atoms with E-state index >= 15 is 0 Å². The van der Waals surface area contributed by atoms with E-state index in [4.69, 9.17) is 0 Å². The van der Waals surface area contributed by atoms with Crippen LogP contribution in [-0.4, -0.2) is 26.1 Å². The van der Waals surface area contributed by atoms with Crippen LogP contribution in [0.2, 0.25) is 0 Å². The van der Waals surface area contributed by atoms with Crippen LogP contribution >= 0.6 is 15.9 Å². The minimum absolute atomic E-state index is 0.101. The average Bonchev–Trinajstić information content (AvgIpc) is 2.26. The van der Waals surface area contributed by atoms with Gasteiger partial charge in [-0.3, -0.25) is 0 Å². The highest BCUT2D eigenvalue weighted by Crippen LogP contribution is 2.21. The Morgan fingerprint density at radius 2 is 1.84 bits per heavy atom. The predicted molar refractivity (Wildman–Crippen MR) is 78.9 cm³/mol. The maximum Gasteiger partial charge on any atom is 0.277 e. The molecular weight excluding hydrogens is 332 g/mol. The molecule has 0 amide bonds. The van der Waals surface area contributed by atoms with Gasteiger partial charge in [-0.2, -0.15) is 17.9 Å². The van der Waals surface area contributed by atoms with E-state index in [0.29, 0.717) is 5.56 Å². The lowest BCUT2D eigenvalue weighted by Crippen LogP contribution is -2.45. The number of halogens is 1. The van der Waals surface area contributed by atoms with Crippen molar-refractivity contribution in [2.24, 2.45) is 0 Å². The number of rotatable bonds is 6. The molecule has 0 heterocycles. The van der Waals surface area contributed by atoms with Crippen LogP contribution in [0.4, 0.5) is 0 Å². The predicted octanol–water partition coefficient (Wildman–Crippen LogP) is 1.49. The molecule has 0 bridgehead atoms. The van der Waals surface area contributed by atoms with Crippen molar-refractivity contribution in [1.82, 2.24) is 9.44 Å². The van der Waals surface area contributed by atoms with Crippen LogP contribution in [0.5, 0.6) is 0 Å². The minimum Gasteiger partial charge on any atom is -0.384 e. The maximum atomic E-state index is 11.6. The Labute approximate surface area is 122 Å². The molecule has 1 unspecified atom stereocenters. The normalized spacial score (nSPS) is 15.5. The summed E-state index contributed by atoms with van der Waals surface area (Å²) in [4.78, 5) is 0. The highest BCUT2D eigenvalue weighted by molar-refractivity contribution is 9.10. The first-order valence-corrected chi connectivity index (χ1v) is 8.15. The molecule has 0 fully saturated rings. The minimum atomic E-state index is -3.60. The molecule has 0 aliphatic heterocycles. The third-order valence-electron chi connectivity index (χ3n) is 2.46. The van der Waals surface area contributed by atoms with Gasteiger partial charge in [0.15, 0.2) is 0 Å². The summed E-state index contributed by atoms with van der Waals surface area (Å²) in [5.74, 6) is 0. The first kappa shape index (κ1) is 16.6. The number of nitrogens with one attached hydrogen (secondary N) is 2. The van der Waals surface area contributed by atoms with E-state index in [0.717, 1.165) is 4.47 Å². The third kappa shape index (κ3) is 5.58. The van der Waals surface area contributed by atoms with Crippen LogP contribution < -0.4 is 9.44 Å². The van der Waals surface area contributed by atoms with Gasteiger partial charge >= 0.3 is 0 Å². The zero-order valence-electron chi connectivity index (χ0n) is 11.1. The fourth-order valence-corrected chi connectivity index (χ4v) is 2.94. The zero-order chi connectivity index (χ0) is 14.7. The van der Waals surface area contributed by atoms with Crippen LogP contribution in [0.3, 0.4) is 0 Å². The van der Waals surface area contributed by atoms with Gasteiger partial charge in [0.1, 0.15) is 5.60 Å². The number of hydrogen-bond acceptors (Lipinski definition) is 3. The Kier molecular flexibility index (Phi) is 5.52. The maximum absolute atomic E-state index is 11.6. The van der Waals surface area contributed by atoms with Gasteiger partial charge < -0.3 is 5.11 Å². The molecule has 1 aromatic carbocycles. The topological polar surface area (TPSA) is 78.4 Å². The molecule has 0 aromatic heterocycles. The Hall–Kier alpha value is -0.470. The van der Waals surface area contributed by atoms with Crippen LogP contribution in [0, 0.1) is 0 Å². The molecule has 3 N–H and O–H groups in total. The van der Waals surface area contributed by atoms with Crippen molar-refractivity contribution in [1.29, 1.82) is 0 Å². The molecule has 1 rings (SSSR count). The van der Waals surface area contributed by atoms with Gasteiger partial charge in [-0.05, 0) is 38.5 Å². The highest BCUT2D eigenvalue weighted by atomic mass is 79.9. The summed E-state index contributed by atoms with van der Waals surface area (Å²) in [6.07, 6.45) is 0. The molecule has 0 aliphatic rings. The quantitative estimate of drug-likeness (QED) is 0.727. The van der Waals surface area contributed by atoms with Gasteiger partial charge in [-0.15, -0.1) is 0 Å². The van der Waals surface area contributed by atoms with Crippen molar-refractivity contribution in [2.45, 2.75) is 32.4 Å². The van der Waals surface area contributed by atoms with Gasteiger partial charge in [0.05, 0.1) is 0 Å². The summed E-state index contributed by atoms with van der Waals surface area (Å²) in [6, 6.07) is 6.88. The number of aliphatic hydroxyl groups is 1. The van der Waals surface area contributed by atoms with Crippen molar-refractivity contribution in [3.63, 3.8) is 0 Å². The second kappa shape index (κ2) is 6.32. The van der Waals surface area contributed by atoms with E-state index in [1.165, 1.54) is 0 Å². The number of benzene rings is 1. The molecule has 108 valence electrons. The average molecular weight is 351 g/mol. The summed E-state index contributed by atoms with van der Waals surface area (Å²) >= 11 is 3.31. The zero-order valence-corrected chi connectivity index (χ0v) is 13.5. The van der Waals surface area contributed by atoms with Crippen molar-refractivity contribution < 1.29 is 13.5 Å². The fraction of sp³-hybridized carbons (Fsp3) is 0.500. The van der Waals surface area contributed by atoms with Crippen molar-refractivity contribution in [3.8, 4) is 0 Å². The van der Waals surface area contributed by atoms with Crippen molar-refractivity contribution in [3.05, 3.63) is 34.3 Å². The Balaban J connectivity index is 2.73. The molecule has 1 aromatic rings. The van der Waals surface area contributed by atoms with E-state index in [-0.39, 0.29) is 12.6 Å². The smallest absolute Gasteiger partial charge is 0.277 e. The summed E-state index contributed by atoms with van der Waals surface area (Å²) in [5.41, 5.74) is -0.630. The second-order valence-electron chi connectivity index (χ2n) is 4.88. The van der Waals surface area contributed by atoms with Gasteiger partial charge in [0, 0.05) is 17.1 Å². The molecular formula is C12H19BrN2O3S. The molecule has 19 heavy (non-hydrogen) atoms. The lowest BCUT2D eigenvalue weighted by molar-refractivity contribution is 0.0626. The summed E-state index contributed by atoms with van der Waals surface area (Å²) < 4.78 is 28.9. The lowest BCUT2D eigenvalue weighted by Gasteiger charge is -2.24. The van der Waals surface area contributed by atoms with Crippen LogP contribution in [0.1, 0.15) is 26.3 Å². The first-order chi connectivity index (χ1) is 8.62. The van der Waals surface area contributed by atoms with Crippen molar-refractivity contribution >= 4 is 26.1 Å². The molecule has 7 heteroatoms. The highest BCUT2D eigenvalue weighted by Gasteiger charge is 2.25. The molecule has 0 saturated carbocycles. The van der Waals surface area contributed by atoms with Gasteiger partial charge in [0.2, 0.25) is 0 Å². The molecule has 0 saturated heterocycles. The van der Waals surface area contributed by atoms with E-state index in [9.17, 15) is 13.5 Å². The standard InChI is InChI=1S/C12H19BrN2O3S/c1-9(2)15-19(17,18)14-8-12(3,16)10-4-6-11(13)7-5-10/h4-7,9,14-16H,8H2,1-3H3. The second-order valence-corrected chi connectivity index (χ2v) is 7.32. The van der Waals surface area contributed by atoms with E-state index in [1.54, 1.807) is 45.0 Å². The van der Waals surface area contributed by atoms with Crippen LogP contribution in [0.25, 0.3) is 0 Å². The largest absolute Gasteiger partial charge is 0.384 e. The fourth-order valence-electron chi connectivity index (χ4n) is 1.50. The lowest BCUT2D eigenvalue weighted by atomic mass is 9.97. The summed E-state index contributed by atoms with van der Waals surface area (Å²) in [6.45, 7) is 4.92. The van der Waals surface area contributed by atoms with Crippen LogP contribution in [0.15, 0.2) is 28.7 Å². The Morgan fingerprint density at radius 3 is 2.32 bits per heavy atom. The monoisotopic (exact) mass is 350 g/mol. The van der Waals surface area contributed by atoms with Crippen LogP contribution in [-0.2, 0) is 15.8 Å². The molecule has 0 radical (unpaired) electrons. The van der Waals surface area contributed by atoms with Crippen molar-refractivity contribution in [2.75, 3.05) is 6.54 Å². The van der Waals surface area contributed by atoms with Gasteiger partial charge in [-0.1, -0.05) is 28.1 Å².